The monoisotopic (exact) mass is 295 g/mol. The molecule has 108 valence electrons. The molecule has 2 heterocycles. The molecule has 0 atom stereocenters. The third-order valence-electron chi connectivity index (χ3n) is 2.70. The van der Waals surface area contributed by atoms with E-state index in [4.69, 9.17) is 5.84 Å². The average molecular weight is 295 g/mol. The average Bonchev–Trinajstić information content (AvgIpc) is 2.89. The van der Waals surface area contributed by atoms with Crippen molar-refractivity contribution in [1.29, 1.82) is 0 Å². The number of nitrogens with two attached hydrogens (primary N) is 1. The van der Waals surface area contributed by atoms with E-state index < -0.39 is 11.9 Å². The van der Waals surface area contributed by atoms with Crippen molar-refractivity contribution in [3.05, 3.63) is 36.0 Å². The van der Waals surface area contributed by atoms with Crippen molar-refractivity contribution in [3.8, 4) is 5.82 Å². The number of aromatic nitrogens is 5. The van der Waals surface area contributed by atoms with Crippen LogP contribution in [0.5, 0.6) is 0 Å². The van der Waals surface area contributed by atoms with E-state index in [0.29, 0.717) is 11.0 Å². The van der Waals surface area contributed by atoms with Crippen molar-refractivity contribution in [2.24, 2.45) is 5.84 Å². The van der Waals surface area contributed by atoms with E-state index in [2.05, 4.69) is 20.3 Å². The zero-order valence-electron chi connectivity index (χ0n) is 10.3. The van der Waals surface area contributed by atoms with Gasteiger partial charge in [0.05, 0.1) is 5.52 Å². The summed E-state index contributed by atoms with van der Waals surface area (Å²) in [5.74, 6) is 4.66. The summed E-state index contributed by atoms with van der Waals surface area (Å²) in [5, 5.41) is 7.67. The van der Waals surface area contributed by atoms with Crippen molar-refractivity contribution in [2.45, 2.75) is 6.18 Å². The van der Waals surface area contributed by atoms with E-state index in [1.54, 1.807) is 24.3 Å². The summed E-state index contributed by atoms with van der Waals surface area (Å²) in [5.41, 5.74) is 1.94. The lowest BCUT2D eigenvalue weighted by atomic mass is 10.3. The van der Waals surface area contributed by atoms with Crippen molar-refractivity contribution in [3.63, 3.8) is 0 Å². The van der Waals surface area contributed by atoms with Gasteiger partial charge in [-0.3, -0.25) is 5.43 Å². The summed E-state index contributed by atoms with van der Waals surface area (Å²) in [6.07, 6.45) is -4.63. The Bertz CT molecular complexity index is 796. The number of para-hydroxylation sites is 1. The second-order valence-corrected chi connectivity index (χ2v) is 4.07. The molecule has 7 nitrogen and oxygen atoms in total. The molecule has 3 aromatic rings. The maximum absolute atomic E-state index is 12.8. The lowest BCUT2D eigenvalue weighted by Crippen LogP contribution is -2.17. The van der Waals surface area contributed by atoms with Crippen molar-refractivity contribution >= 4 is 17.0 Å². The molecule has 3 rings (SSSR count). The maximum Gasteiger partial charge on any atom is 0.433 e. The SMILES string of the molecule is NNc1nc(-n2nnc3ccccc32)cc(C(F)(F)F)n1. The molecule has 0 spiro atoms. The molecule has 0 aliphatic carbocycles. The molecule has 0 aliphatic rings. The van der Waals surface area contributed by atoms with E-state index in [1.165, 1.54) is 4.68 Å². The number of alkyl halides is 3. The van der Waals surface area contributed by atoms with Gasteiger partial charge >= 0.3 is 6.18 Å². The number of rotatable bonds is 2. The third kappa shape index (κ3) is 2.36. The number of fused-ring (bicyclic) bond motifs is 1. The van der Waals surface area contributed by atoms with E-state index >= 15 is 0 Å². The molecule has 0 fully saturated rings. The van der Waals surface area contributed by atoms with Gasteiger partial charge in [-0.05, 0) is 12.1 Å². The Morgan fingerprint density at radius 3 is 2.62 bits per heavy atom. The summed E-state index contributed by atoms with van der Waals surface area (Å²) >= 11 is 0. The first kappa shape index (κ1) is 13.2. The maximum atomic E-state index is 12.8. The molecule has 2 aromatic heterocycles. The highest BCUT2D eigenvalue weighted by molar-refractivity contribution is 5.75. The first-order valence-electron chi connectivity index (χ1n) is 5.73. The first-order chi connectivity index (χ1) is 9.99. The van der Waals surface area contributed by atoms with Gasteiger partial charge in [-0.25, -0.2) is 10.8 Å². The number of anilines is 1. The Morgan fingerprint density at radius 1 is 1.14 bits per heavy atom. The van der Waals surface area contributed by atoms with E-state index in [9.17, 15) is 13.2 Å². The molecule has 10 heteroatoms. The number of nitrogens with one attached hydrogen (secondary N) is 1. The predicted octanol–water partition coefficient (Wildman–Crippen LogP) is 1.51. The number of benzene rings is 1. The summed E-state index contributed by atoms with van der Waals surface area (Å²) < 4.78 is 39.7. The van der Waals surface area contributed by atoms with Gasteiger partial charge in [-0.2, -0.15) is 22.8 Å². The zero-order chi connectivity index (χ0) is 15.0. The zero-order valence-corrected chi connectivity index (χ0v) is 10.3. The molecular formula is C11H8F3N7. The lowest BCUT2D eigenvalue weighted by molar-refractivity contribution is -0.141. The van der Waals surface area contributed by atoms with E-state index in [-0.39, 0.29) is 11.8 Å². The Labute approximate surface area is 115 Å². The van der Waals surface area contributed by atoms with Crippen LogP contribution in [-0.4, -0.2) is 25.0 Å². The fourth-order valence-electron chi connectivity index (χ4n) is 1.79. The number of nitrogen functional groups attached to an aromatic ring is 1. The van der Waals surface area contributed by atoms with Gasteiger partial charge in [0.25, 0.3) is 0 Å². The highest BCUT2D eigenvalue weighted by Crippen LogP contribution is 2.29. The molecule has 21 heavy (non-hydrogen) atoms. The molecular weight excluding hydrogens is 287 g/mol. The Kier molecular flexibility index (Phi) is 2.94. The molecule has 0 amide bonds. The lowest BCUT2D eigenvalue weighted by Gasteiger charge is -2.10. The number of nitrogens with zero attached hydrogens (tertiary/aromatic N) is 5. The highest BCUT2D eigenvalue weighted by Gasteiger charge is 2.34. The van der Waals surface area contributed by atoms with Crippen LogP contribution in [0.4, 0.5) is 19.1 Å². The molecule has 1 aromatic carbocycles. The summed E-state index contributed by atoms with van der Waals surface area (Å²) in [4.78, 5) is 7.15. The summed E-state index contributed by atoms with van der Waals surface area (Å²) in [7, 11) is 0. The van der Waals surface area contributed by atoms with Crippen LogP contribution in [0.2, 0.25) is 0 Å². The van der Waals surface area contributed by atoms with E-state index in [1.807, 2.05) is 5.43 Å². The largest absolute Gasteiger partial charge is 0.433 e. The minimum Gasteiger partial charge on any atom is -0.292 e. The Hall–Kier alpha value is -2.75. The normalized spacial score (nSPS) is 11.8. The number of hydrogen-bond donors (Lipinski definition) is 2. The minimum absolute atomic E-state index is 0.0843. The fraction of sp³-hybridized carbons (Fsp3) is 0.0909. The molecule has 3 N–H and O–H groups in total. The second-order valence-electron chi connectivity index (χ2n) is 4.07. The second kappa shape index (κ2) is 4.66. The van der Waals surface area contributed by atoms with Crippen LogP contribution in [0.3, 0.4) is 0 Å². The molecule has 0 saturated heterocycles. The highest BCUT2D eigenvalue weighted by atomic mass is 19.4. The van der Waals surface area contributed by atoms with Crippen molar-refractivity contribution in [2.75, 3.05) is 5.43 Å². The number of hydrogen-bond acceptors (Lipinski definition) is 6. The van der Waals surface area contributed by atoms with Gasteiger partial charge < -0.3 is 0 Å². The molecule has 0 aliphatic heterocycles. The van der Waals surface area contributed by atoms with Crippen molar-refractivity contribution < 1.29 is 13.2 Å². The molecule has 0 saturated carbocycles. The molecule has 0 unspecified atom stereocenters. The first-order valence-corrected chi connectivity index (χ1v) is 5.73. The summed E-state index contributed by atoms with van der Waals surface area (Å²) in [6.45, 7) is 0. The van der Waals surface area contributed by atoms with Crippen LogP contribution in [0.1, 0.15) is 5.69 Å². The fourth-order valence-corrected chi connectivity index (χ4v) is 1.79. The van der Waals surface area contributed by atoms with Crippen LogP contribution in [0, 0.1) is 0 Å². The van der Waals surface area contributed by atoms with E-state index in [0.717, 1.165) is 6.07 Å². The molecule has 0 radical (unpaired) electrons. The van der Waals surface area contributed by atoms with Crippen LogP contribution in [0.15, 0.2) is 30.3 Å². The molecule has 0 bridgehead atoms. The van der Waals surface area contributed by atoms with Crippen LogP contribution >= 0.6 is 0 Å². The number of halogens is 3. The number of hydrazine groups is 1. The van der Waals surface area contributed by atoms with Crippen molar-refractivity contribution in [1.82, 2.24) is 25.0 Å². The van der Waals surface area contributed by atoms with Gasteiger partial charge in [-0.15, -0.1) is 5.10 Å². The topological polar surface area (TPSA) is 94.5 Å². The van der Waals surface area contributed by atoms with Gasteiger partial charge in [-0.1, -0.05) is 17.3 Å². The third-order valence-corrected chi connectivity index (χ3v) is 2.70. The van der Waals surface area contributed by atoms with Crippen LogP contribution in [0.25, 0.3) is 16.9 Å². The summed E-state index contributed by atoms with van der Waals surface area (Å²) in [6, 6.07) is 7.60. The van der Waals surface area contributed by atoms with Gasteiger partial charge in [0.15, 0.2) is 11.5 Å². The standard InChI is InChI=1S/C11H8F3N7/c12-11(13,14)8-5-9(17-10(16-8)18-15)21-7-4-2-1-3-6(7)19-20-21/h1-5H,15H2,(H,16,17,18). The Morgan fingerprint density at radius 2 is 1.90 bits per heavy atom. The predicted molar refractivity (Wildman–Crippen MR) is 67.3 cm³/mol. The smallest absolute Gasteiger partial charge is 0.292 e. The van der Waals surface area contributed by atoms with Crippen LogP contribution in [-0.2, 0) is 6.18 Å². The van der Waals surface area contributed by atoms with Gasteiger partial charge in [0.1, 0.15) is 5.52 Å². The van der Waals surface area contributed by atoms with Gasteiger partial charge in [0.2, 0.25) is 5.95 Å². The minimum atomic E-state index is -4.63. The Balaban J connectivity index is 2.22. The van der Waals surface area contributed by atoms with Crippen LogP contribution < -0.4 is 11.3 Å². The quantitative estimate of drug-likeness (QED) is 0.550. The van der Waals surface area contributed by atoms with Gasteiger partial charge in [0, 0.05) is 6.07 Å².